The summed E-state index contributed by atoms with van der Waals surface area (Å²) >= 11 is 0. The summed E-state index contributed by atoms with van der Waals surface area (Å²) in [6.07, 6.45) is 1.73. The van der Waals surface area contributed by atoms with Crippen LogP contribution in [0.3, 0.4) is 0 Å². The molecule has 1 aliphatic heterocycles. The average molecular weight is 372 g/mol. The number of aryl methyl sites for hydroxylation is 2. The molecule has 1 saturated heterocycles. The van der Waals surface area contributed by atoms with Gasteiger partial charge in [-0.25, -0.2) is 4.79 Å². The smallest absolute Gasteiger partial charge is 0.317 e. The van der Waals surface area contributed by atoms with Gasteiger partial charge in [0.15, 0.2) is 5.76 Å². The van der Waals surface area contributed by atoms with Gasteiger partial charge in [-0.1, -0.05) is 17.3 Å². The molecule has 0 spiro atoms. The number of hydrogen-bond donors (Lipinski definition) is 2. The molecule has 1 fully saturated rings. The monoisotopic (exact) mass is 372 g/mol. The van der Waals surface area contributed by atoms with Crippen LogP contribution in [0.5, 0.6) is 5.75 Å². The first-order valence-electron chi connectivity index (χ1n) is 9.47. The highest BCUT2D eigenvalue weighted by molar-refractivity contribution is 5.74. The third kappa shape index (κ3) is 5.72. The lowest BCUT2D eigenvalue weighted by Crippen LogP contribution is -2.52. The van der Waals surface area contributed by atoms with Crippen molar-refractivity contribution in [1.29, 1.82) is 0 Å². The first-order chi connectivity index (χ1) is 13.0. The van der Waals surface area contributed by atoms with Crippen molar-refractivity contribution in [2.45, 2.75) is 39.3 Å². The summed E-state index contributed by atoms with van der Waals surface area (Å²) in [7, 11) is 0. The number of carbonyl (C=O) groups excluding carboxylic acids is 1. The molecule has 1 atom stereocenters. The molecule has 0 aliphatic carbocycles. The molecule has 3 rings (SSSR count). The number of benzene rings is 1. The fraction of sp³-hybridized carbons (Fsp3) is 0.500. The Kier molecular flexibility index (Phi) is 6.34. The molecular weight excluding hydrogens is 344 g/mol. The van der Waals surface area contributed by atoms with Crippen molar-refractivity contribution in [2.75, 3.05) is 26.2 Å². The number of urea groups is 1. The van der Waals surface area contributed by atoms with E-state index in [2.05, 4.69) is 15.4 Å². The van der Waals surface area contributed by atoms with E-state index in [9.17, 15) is 9.90 Å². The quantitative estimate of drug-likeness (QED) is 0.814. The molecule has 0 bridgehead atoms. The van der Waals surface area contributed by atoms with Gasteiger partial charge in [-0.15, -0.1) is 0 Å². The average Bonchev–Trinajstić information content (AvgIpc) is 3.06. The van der Waals surface area contributed by atoms with Gasteiger partial charge in [0.25, 0.3) is 0 Å². The molecule has 1 aliphatic rings. The SMILES string of the molecule is Cc1cc(CN2CCN(C(=O)NC(C)CCc3ccc(O)cc3)CC2)on1. The van der Waals surface area contributed by atoms with E-state index in [1.807, 2.05) is 36.9 Å². The number of carbonyl (C=O) groups is 1. The second-order valence-electron chi connectivity index (χ2n) is 7.25. The van der Waals surface area contributed by atoms with Crippen molar-refractivity contribution in [2.24, 2.45) is 0 Å². The van der Waals surface area contributed by atoms with Crippen molar-refractivity contribution < 1.29 is 14.4 Å². The Morgan fingerprint density at radius 3 is 2.59 bits per heavy atom. The van der Waals surface area contributed by atoms with Gasteiger partial charge in [0.2, 0.25) is 0 Å². The molecular formula is C20H28N4O3. The predicted molar refractivity (Wildman–Crippen MR) is 103 cm³/mol. The van der Waals surface area contributed by atoms with E-state index in [1.54, 1.807) is 12.1 Å². The summed E-state index contributed by atoms with van der Waals surface area (Å²) in [6.45, 7) is 7.76. The van der Waals surface area contributed by atoms with Gasteiger partial charge < -0.3 is 19.8 Å². The maximum atomic E-state index is 12.5. The summed E-state index contributed by atoms with van der Waals surface area (Å²) in [5, 5.41) is 16.3. The predicted octanol–water partition coefficient (Wildman–Crippen LogP) is 2.54. The molecule has 2 N–H and O–H groups in total. The Labute approximate surface area is 159 Å². The molecule has 27 heavy (non-hydrogen) atoms. The van der Waals surface area contributed by atoms with E-state index >= 15 is 0 Å². The summed E-state index contributed by atoms with van der Waals surface area (Å²) < 4.78 is 5.27. The van der Waals surface area contributed by atoms with Gasteiger partial charge >= 0.3 is 6.03 Å². The number of phenolic OH excluding ortho intramolecular Hbond substituents is 1. The largest absolute Gasteiger partial charge is 0.508 e. The number of aromatic nitrogens is 1. The van der Waals surface area contributed by atoms with Crippen molar-refractivity contribution in [3.63, 3.8) is 0 Å². The Morgan fingerprint density at radius 2 is 1.96 bits per heavy atom. The lowest BCUT2D eigenvalue weighted by molar-refractivity contribution is 0.126. The lowest BCUT2D eigenvalue weighted by Gasteiger charge is -2.34. The van der Waals surface area contributed by atoms with Gasteiger partial charge in [0.05, 0.1) is 12.2 Å². The maximum absolute atomic E-state index is 12.5. The molecule has 7 nitrogen and oxygen atoms in total. The number of nitrogens with one attached hydrogen (secondary N) is 1. The van der Waals surface area contributed by atoms with Crippen LogP contribution in [0, 0.1) is 6.92 Å². The van der Waals surface area contributed by atoms with Gasteiger partial charge in [0, 0.05) is 38.3 Å². The Balaban J connectivity index is 1.37. The molecule has 0 saturated carbocycles. The number of amides is 2. The highest BCUT2D eigenvalue weighted by Gasteiger charge is 2.22. The fourth-order valence-corrected chi connectivity index (χ4v) is 3.24. The minimum atomic E-state index is 0.00312. The lowest BCUT2D eigenvalue weighted by atomic mass is 10.1. The topological polar surface area (TPSA) is 81.8 Å². The van der Waals surface area contributed by atoms with Crippen LogP contribution in [-0.2, 0) is 13.0 Å². The number of phenols is 1. The number of aromatic hydroxyl groups is 1. The first kappa shape index (κ1) is 19.2. The zero-order chi connectivity index (χ0) is 19.2. The normalized spacial score (nSPS) is 16.3. The summed E-state index contributed by atoms with van der Waals surface area (Å²) in [5.41, 5.74) is 2.05. The molecule has 1 unspecified atom stereocenters. The molecule has 2 aromatic rings. The zero-order valence-electron chi connectivity index (χ0n) is 16.0. The summed E-state index contributed by atoms with van der Waals surface area (Å²) in [5.74, 6) is 1.14. The van der Waals surface area contributed by atoms with E-state index in [0.29, 0.717) is 13.1 Å². The van der Waals surface area contributed by atoms with Crippen molar-refractivity contribution in [3.8, 4) is 5.75 Å². The zero-order valence-corrected chi connectivity index (χ0v) is 16.0. The molecule has 0 radical (unpaired) electrons. The van der Waals surface area contributed by atoms with Crippen LogP contribution in [0.1, 0.15) is 30.4 Å². The van der Waals surface area contributed by atoms with Crippen LogP contribution in [0.15, 0.2) is 34.9 Å². The maximum Gasteiger partial charge on any atom is 0.317 e. The Morgan fingerprint density at radius 1 is 1.26 bits per heavy atom. The van der Waals surface area contributed by atoms with E-state index in [1.165, 1.54) is 0 Å². The van der Waals surface area contributed by atoms with E-state index < -0.39 is 0 Å². The molecule has 2 heterocycles. The highest BCUT2D eigenvalue weighted by atomic mass is 16.5. The Bertz CT molecular complexity index is 736. The molecule has 1 aromatic heterocycles. The van der Waals surface area contributed by atoms with E-state index in [-0.39, 0.29) is 17.8 Å². The van der Waals surface area contributed by atoms with Gasteiger partial charge in [0.1, 0.15) is 5.75 Å². The van der Waals surface area contributed by atoms with Crippen molar-refractivity contribution >= 4 is 6.03 Å². The van der Waals surface area contributed by atoms with Crippen LogP contribution in [0.25, 0.3) is 0 Å². The fourth-order valence-electron chi connectivity index (χ4n) is 3.24. The summed E-state index contributed by atoms with van der Waals surface area (Å²) in [4.78, 5) is 16.6. The number of rotatable bonds is 6. The molecule has 146 valence electrons. The number of nitrogens with zero attached hydrogens (tertiary/aromatic N) is 3. The number of hydrogen-bond acceptors (Lipinski definition) is 5. The standard InChI is InChI=1S/C20H28N4O3/c1-15(3-4-17-5-7-18(25)8-6-17)21-20(26)24-11-9-23(10-12-24)14-19-13-16(2)22-27-19/h5-8,13,15,25H,3-4,9-12,14H2,1-2H3,(H,21,26). The van der Waals surface area contributed by atoms with E-state index in [0.717, 1.165) is 49.5 Å². The van der Waals surface area contributed by atoms with Crippen LogP contribution >= 0.6 is 0 Å². The minimum Gasteiger partial charge on any atom is -0.508 e. The second-order valence-corrected chi connectivity index (χ2v) is 7.25. The van der Waals surface area contributed by atoms with Crippen LogP contribution < -0.4 is 5.32 Å². The molecule has 1 aromatic carbocycles. The van der Waals surface area contributed by atoms with Gasteiger partial charge in [-0.3, -0.25) is 4.90 Å². The van der Waals surface area contributed by atoms with Crippen LogP contribution in [-0.4, -0.2) is 58.3 Å². The minimum absolute atomic E-state index is 0.00312. The Hall–Kier alpha value is -2.54. The third-order valence-corrected chi connectivity index (χ3v) is 4.89. The third-order valence-electron chi connectivity index (χ3n) is 4.89. The second kappa shape index (κ2) is 8.90. The van der Waals surface area contributed by atoms with E-state index in [4.69, 9.17) is 4.52 Å². The van der Waals surface area contributed by atoms with Crippen LogP contribution in [0.4, 0.5) is 4.79 Å². The number of piperazine rings is 1. The first-order valence-corrected chi connectivity index (χ1v) is 9.47. The van der Waals surface area contributed by atoms with Crippen LogP contribution in [0.2, 0.25) is 0 Å². The summed E-state index contributed by atoms with van der Waals surface area (Å²) in [6, 6.07) is 9.27. The van der Waals surface area contributed by atoms with Gasteiger partial charge in [-0.2, -0.15) is 0 Å². The van der Waals surface area contributed by atoms with Crippen molar-refractivity contribution in [1.82, 2.24) is 20.3 Å². The highest BCUT2D eigenvalue weighted by Crippen LogP contribution is 2.13. The van der Waals surface area contributed by atoms with Crippen molar-refractivity contribution in [3.05, 3.63) is 47.3 Å². The molecule has 2 amide bonds. The molecule has 7 heteroatoms. The van der Waals surface area contributed by atoms with Gasteiger partial charge in [-0.05, 0) is 44.4 Å².